The fourth-order valence-electron chi connectivity index (χ4n) is 2.94. The summed E-state index contributed by atoms with van der Waals surface area (Å²) in [4.78, 5) is 31.7. The molecule has 2 aromatic heterocycles. The lowest BCUT2D eigenvalue weighted by atomic mass is 10.2. The van der Waals surface area contributed by atoms with Crippen molar-refractivity contribution in [1.29, 1.82) is 0 Å². The van der Waals surface area contributed by atoms with Crippen LogP contribution in [0.4, 0.5) is 5.69 Å². The average molecular weight is 454 g/mol. The summed E-state index contributed by atoms with van der Waals surface area (Å²) in [6, 6.07) is 19.1. The summed E-state index contributed by atoms with van der Waals surface area (Å²) in [5.41, 5.74) is 1.50. The number of amides is 1. The first-order chi connectivity index (χ1) is 13.5. The summed E-state index contributed by atoms with van der Waals surface area (Å²) in [5.74, 6) is 0.234. The van der Waals surface area contributed by atoms with Crippen molar-refractivity contribution < 1.29 is 4.79 Å². The van der Waals surface area contributed by atoms with E-state index in [9.17, 15) is 9.59 Å². The summed E-state index contributed by atoms with van der Waals surface area (Å²) in [7, 11) is 0. The Morgan fingerprint density at radius 2 is 1.86 bits per heavy atom. The van der Waals surface area contributed by atoms with Crippen molar-refractivity contribution in [3.05, 3.63) is 81.3 Å². The number of nitrogens with zero attached hydrogens (tertiary/aromatic N) is 2. The van der Waals surface area contributed by atoms with Crippen LogP contribution in [-0.4, -0.2) is 15.5 Å². The van der Waals surface area contributed by atoms with E-state index in [1.807, 2.05) is 54.6 Å². The highest BCUT2D eigenvalue weighted by Crippen LogP contribution is 2.31. The van der Waals surface area contributed by atoms with Crippen LogP contribution < -0.4 is 10.9 Å². The minimum atomic E-state index is -0.281. The molecular weight excluding hydrogens is 438 g/mol. The fraction of sp³-hybridized carbons (Fsp3) is 0.0952. The van der Waals surface area contributed by atoms with Crippen LogP contribution in [0.2, 0.25) is 0 Å². The van der Waals surface area contributed by atoms with Gasteiger partial charge in [-0.3, -0.25) is 14.2 Å². The van der Waals surface area contributed by atoms with Crippen LogP contribution in [0.15, 0.2) is 69.9 Å². The van der Waals surface area contributed by atoms with Gasteiger partial charge < -0.3 is 5.32 Å². The molecule has 28 heavy (non-hydrogen) atoms. The van der Waals surface area contributed by atoms with Gasteiger partial charge in [0.25, 0.3) is 5.56 Å². The molecule has 2 heterocycles. The number of hydrogen-bond acceptors (Lipinski definition) is 4. The van der Waals surface area contributed by atoms with E-state index < -0.39 is 0 Å². The van der Waals surface area contributed by atoms with Gasteiger partial charge >= 0.3 is 0 Å². The molecule has 0 spiro atoms. The second kappa shape index (κ2) is 7.69. The molecule has 0 aliphatic heterocycles. The van der Waals surface area contributed by atoms with Crippen molar-refractivity contribution in [2.75, 3.05) is 5.32 Å². The van der Waals surface area contributed by atoms with Gasteiger partial charge in [0.1, 0.15) is 17.2 Å². The highest BCUT2D eigenvalue weighted by atomic mass is 79.9. The molecule has 4 rings (SSSR count). The van der Waals surface area contributed by atoms with Gasteiger partial charge in [-0.1, -0.05) is 42.5 Å². The molecule has 0 bridgehead atoms. The van der Waals surface area contributed by atoms with Crippen molar-refractivity contribution in [2.45, 2.75) is 13.5 Å². The van der Waals surface area contributed by atoms with Crippen LogP contribution in [0.1, 0.15) is 5.82 Å². The second-order valence-corrected chi connectivity index (χ2v) is 8.16. The monoisotopic (exact) mass is 453 g/mol. The third kappa shape index (κ3) is 3.63. The van der Waals surface area contributed by atoms with Gasteiger partial charge in [-0.25, -0.2) is 4.98 Å². The van der Waals surface area contributed by atoms with Crippen LogP contribution in [0.3, 0.4) is 0 Å². The normalized spacial score (nSPS) is 10.9. The Kier molecular flexibility index (Phi) is 5.11. The van der Waals surface area contributed by atoms with Gasteiger partial charge in [-0.2, -0.15) is 0 Å². The first-order valence-electron chi connectivity index (χ1n) is 8.64. The minimum Gasteiger partial charge on any atom is -0.324 e. The third-order valence-electron chi connectivity index (χ3n) is 4.35. The second-order valence-electron chi connectivity index (χ2n) is 6.27. The molecule has 4 aromatic rings. The lowest BCUT2D eigenvalue weighted by Crippen LogP contribution is -2.29. The number of aromatic nitrogens is 2. The lowest BCUT2D eigenvalue weighted by Gasteiger charge is -2.11. The predicted molar refractivity (Wildman–Crippen MR) is 117 cm³/mol. The highest BCUT2D eigenvalue weighted by molar-refractivity contribution is 9.10. The Labute approximate surface area is 173 Å². The van der Waals surface area contributed by atoms with Crippen LogP contribution in [0, 0.1) is 6.92 Å². The standard InChI is InChI=1S/C21H16BrN3O2S/c1-13-23-20-15(11-18(28-20)14-7-3-2-4-8-14)21(27)25(13)12-19(26)24-17-10-6-5-9-16(17)22/h2-11H,12H2,1H3,(H,24,26). The zero-order valence-electron chi connectivity index (χ0n) is 15.0. The largest absolute Gasteiger partial charge is 0.324 e. The van der Waals surface area contributed by atoms with E-state index in [1.54, 1.807) is 13.0 Å². The number of fused-ring (bicyclic) bond motifs is 1. The van der Waals surface area contributed by atoms with E-state index in [0.29, 0.717) is 21.7 Å². The Morgan fingerprint density at radius 1 is 1.14 bits per heavy atom. The van der Waals surface area contributed by atoms with E-state index in [1.165, 1.54) is 15.9 Å². The Morgan fingerprint density at radius 3 is 2.61 bits per heavy atom. The summed E-state index contributed by atoms with van der Waals surface area (Å²) in [6.45, 7) is 1.65. The maximum atomic E-state index is 13.0. The minimum absolute atomic E-state index is 0.0918. The quantitative estimate of drug-likeness (QED) is 0.480. The molecule has 0 fully saturated rings. The smallest absolute Gasteiger partial charge is 0.262 e. The zero-order valence-corrected chi connectivity index (χ0v) is 17.4. The van der Waals surface area contributed by atoms with Crippen LogP contribution in [0.5, 0.6) is 0 Å². The average Bonchev–Trinajstić information content (AvgIpc) is 3.12. The van der Waals surface area contributed by atoms with E-state index in [0.717, 1.165) is 14.9 Å². The van der Waals surface area contributed by atoms with E-state index in [2.05, 4.69) is 26.2 Å². The topological polar surface area (TPSA) is 64.0 Å². The Balaban J connectivity index is 1.67. The maximum Gasteiger partial charge on any atom is 0.262 e. The van der Waals surface area contributed by atoms with Gasteiger partial charge in [-0.15, -0.1) is 11.3 Å². The first kappa shape index (κ1) is 18.6. The molecule has 5 nitrogen and oxygen atoms in total. The first-order valence-corrected chi connectivity index (χ1v) is 10.2. The molecule has 140 valence electrons. The molecule has 0 radical (unpaired) electrons. The summed E-state index contributed by atoms with van der Waals surface area (Å²) in [5, 5.41) is 3.35. The number of aryl methyl sites for hydroxylation is 1. The molecule has 1 N–H and O–H groups in total. The lowest BCUT2D eigenvalue weighted by molar-refractivity contribution is -0.116. The van der Waals surface area contributed by atoms with Gasteiger partial charge in [0.2, 0.25) is 5.91 Å². The number of thiophene rings is 1. The summed E-state index contributed by atoms with van der Waals surface area (Å²) >= 11 is 4.88. The highest BCUT2D eigenvalue weighted by Gasteiger charge is 2.15. The number of carbonyl (C=O) groups is 1. The summed E-state index contributed by atoms with van der Waals surface area (Å²) in [6.07, 6.45) is 0. The van der Waals surface area contributed by atoms with Crippen molar-refractivity contribution >= 4 is 49.1 Å². The SMILES string of the molecule is Cc1nc2sc(-c3ccccc3)cc2c(=O)n1CC(=O)Nc1ccccc1Br. The molecule has 0 aliphatic carbocycles. The number of nitrogens with one attached hydrogen (secondary N) is 1. The number of hydrogen-bond donors (Lipinski definition) is 1. The molecule has 2 aromatic carbocycles. The number of benzene rings is 2. The fourth-order valence-corrected chi connectivity index (χ4v) is 4.40. The number of halogens is 1. The van der Waals surface area contributed by atoms with Crippen molar-refractivity contribution in [3.8, 4) is 10.4 Å². The van der Waals surface area contributed by atoms with Gasteiger partial charge in [-0.05, 0) is 46.6 Å². The van der Waals surface area contributed by atoms with E-state index >= 15 is 0 Å². The van der Waals surface area contributed by atoms with Crippen molar-refractivity contribution in [1.82, 2.24) is 9.55 Å². The van der Waals surface area contributed by atoms with Gasteiger partial charge in [0, 0.05) is 9.35 Å². The van der Waals surface area contributed by atoms with E-state index in [4.69, 9.17) is 0 Å². The number of anilines is 1. The maximum absolute atomic E-state index is 13.0. The number of carbonyl (C=O) groups excluding carboxylic acids is 1. The van der Waals surface area contributed by atoms with Crippen molar-refractivity contribution in [3.63, 3.8) is 0 Å². The molecular formula is C21H16BrN3O2S. The van der Waals surface area contributed by atoms with Crippen LogP contribution in [0.25, 0.3) is 20.7 Å². The Hall–Kier alpha value is -2.77. The predicted octanol–water partition coefficient (Wildman–Crippen LogP) is 4.83. The molecule has 0 atom stereocenters. The number of para-hydroxylation sites is 1. The third-order valence-corrected chi connectivity index (χ3v) is 6.12. The van der Waals surface area contributed by atoms with Crippen molar-refractivity contribution in [2.24, 2.45) is 0 Å². The zero-order chi connectivity index (χ0) is 19.7. The summed E-state index contributed by atoms with van der Waals surface area (Å²) < 4.78 is 2.20. The molecule has 7 heteroatoms. The van der Waals surface area contributed by atoms with Gasteiger partial charge in [0.15, 0.2) is 0 Å². The Bertz CT molecular complexity index is 1230. The molecule has 0 saturated carbocycles. The molecule has 0 saturated heterocycles. The van der Waals surface area contributed by atoms with E-state index in [-0.39, 0.29) is 18.0 Å². The number of rotatable bonds is 4. The van der Waals surface area contributed by atoms with Gasteiger partial charge in [0.05, 0.1) is 11.1 Å². The molecule has 1 amide bonds. The van der Waals surface area contributed by atoms with Crippen LogP contribution >= 0.6 is 27.3 Å². The molecule has 0 unspecified atom stereocenters. The van der Waals surface area contributed by atoms with Crippen LogP contribution in [-0.2, 0) is 11.3 Å². The molecule has 0 aliphatic rings.